The second kappa shape index (κ2) is 10.0. The highest BCUT2D eigenvalue weighted by molar-refractivity contribution is 5.91. The molecule has 4 N–H and O–H groups in total. The SMILES string of the molecule is CCOC(=O)C(C)(CN)c1cc(NC(=O)CCCO)ccc1OCC. The van der Waals surface area contributed by atoms with Crippen LogP contribution in [-0.2, 0) is 19.7 Å². The summed E-state index contributed by atoms with van der Waals surface area (Å²) >= 11 is 0. The number of nitrogens with one attached hydrogen (secondary N) is 1. The number of benzene rings is 1. The smallest absolute Gasteiger partial charge is 0.317 e. The first-order valence-corrected chi connectivity index (χ1v) is 8.48. The molecule has 0 aliphatic carbocycles. The highest BCUT2D eigenvalue weighted by Crippen LogP contribution is 2.35. The zero-order valence-corrected chi connectivity index (χ0v) is 15.1. The lowest BCUT2D eigenvalue weighted by atomic mass is 9.81. The van der Waals surface area contributed by atoms with Crippen molar-refractivity contribution in [1.29, 1.82) is 0 Å². The monoisotopic (exact) mass is 352 g/mol. The van der Waals surface area contributed by atoms with Crippen LogP contribution in [0.2, 0.25) is 0 Å². The van der Waals surface area contributed by atoms with Gasteiger partial charge in [-0.1, -0.05) is 0 Å². The van der Waals surface area contributed by atoms with Gasteiger partial charge in [0.1, 0.15) is 11.2 Å². The van der Waals surface area contributed by atoms with E-state index in [1.165, 1.54) is 0 Å². The van der Waals surface area contributed by atoms with Crippen LogP contribution in [0, 0.1) is 0 Å². The Kier molecular flexibility index (Phi) is 8.37. The Morgan fingerprint density at radius 1 is 1.28 bits per heavy atom. The topological polar surface area (TPSA) is 111 Å². The molecular weight excluding hydrogens is 324 g/mol. The van der Waals surface area contributed by atoms with E-state index in [0.29, 0.717) is 30.0 Å². The van der Waals surface area contributed by atoms with Gasteiger partial charge in [-0.3, -0.25) is 9.59 Å². The number of carbonyl (C=O) groups is 2. The number of esters is 1. The van der Waals surface area contributed by atoms with Crippen LogP contribution in [0.5, 0.6) is 5.75 Å². The van der Waals surface area contributed by atoms with Crippen LogP contribution in [0.3, 0.4) is 0 Å². The number of anilines is 1. The fourth-order valence-corrected chi connectivity index (χ4v) is 2.38. The Morgan fingerprint density at radius 2 is 2.00 bits per heavy atom. The van der Waals surface area contributed by atoms with Gasteiger partial charge in [-0.25, -0.2) is 0 Å². The predicted molar refractivity (Wildman–Crippen MR) is 95.6 cm³/mol. The second-order valence-corrected chi connectivity index (χ2v) is 5.78. The van der Waals surface area contributed by atoms with Gasteiger partial charge >= 0.3 is 5.97 Å². The third-order valence-electron chi connectivity index (χ3n) is 3.85. The molecule has 1 atom stereocenters. The van der Waals surface area contributed by atoms with Gasteiger partial charge in [-0.15, -0.1) is 0 Å². The summed E-state index contributed by atoms with van der Waals surface area (Å²) in [5.74, 6) is -0.131. The van der Waals surface area contributed by atoms with Crippen LogP contribution in [-0.4, -0.2) is 43.3 Å². The number of amides is 1. The number of aliphatic hydroxyl groups is 1. The molecule has 0 bridgehead atoms. The average Bonchev–Trinajstić information content (AvgIpc) is 2.60. The minimum atomic E-state index is -1.09. The third-order valence-corrected chi connectivity index (χ3v) is 3.85. The molecule has 0 saturated carbocycles. The summed E-state index contributed by atoms with van der Waals surface area (Å²) in [5.41, 5.74) is 5.89. The standard InChI is InChI=1S/C18H28N2O5/c1-4-24-15-9-8-13(20-16(22)7-6-10-21)11-14(15)18(3,12-19)17(23)25-5-2/h8-9,11,21H,4-7,10,12,19H2,1-3H3,(H,20,22). The van der Waals surface area contributed by atoms with Crippen LogP contribution < -0.4 is 15.8 Å². The van der Waals surface area contributed by atoms with E-state index in [1.54, 1.807) is 32.0 Å². The molecule has 140 valence electrons. The zero-order valence-electron chi connectivity index (χ0n) is 15.1. The van der Waals surface area contributed by atoms with Crippen molar-refractivity contribution in [2.75, 3.05) is 31.7 Å². The molecule has 0 saturated heterocycles. The molecule has 0 aromatic heterocycles. The lowest BCUT2D eigenvalue weighted by Crippen LogP contribution is -2.42. The zero-order chi connectivity index (χ0) is 18.9. The van der Waals surface area contributed by atoms with Gasteiger partial charge in [0.2, 0.25) is 5.91 Å². The Balaban J connectivity index is 3.22. The normalized spacial score (nSPS) is 13.0. The van der Waals surface area contributed by atoms with Gasteiger partial charge in [0.25, 0.3) is 0 Å². The van der Waals surface area contributed by atoms with E-state index in [2.05, 4.69) is 5.32 Å². The van der Waals surface area contributed by atoms with Crippen molar-refractivity contribution in [1.82, 2.24) is 0 Å². The third kappa shape index (κ3) is 5.44. The molecule has 1 amide bonds. The average molecular weight is 352 g/mol. The summed E-state index contributed by atoms with van der Waals surface area (Å²) in [7, 11) is 0. The number of hydrogen-bond donors (Lipinski definition) is 3. The number of ether oxygens (including phenoxy) is 2. The highest BCUT2D eigenvalue weighted by atomic mass is 16.5. The predicted octanol–water partition coefficient (Wildman–Crippen LogP) is 1.58. The molecule has 25 heavy (non-hydrogen) atoms. The van der Waals surface area contributed by atoms with Crippen LogP contribution in [0.4, 0.5) is 5.69 Å². The first-order valence-electron chi connectivity index (χ1n) is 8.48. The molecule has 1 rings (SSSR count). The second-order valence-electron chi connectivity index (χ2n) is 5.78. The number of hydrogen-bond acceptors (Lipinski definition) is 6. The van der Waals surface area contributed by atoms with Gasteiger partial charge in [0.15, 0.2) is 0 Å². The van der Waals surface area contributed by atoms with Crippen LogP contribution in [0.25, 0.3) is 0 Å². The summed E-state index contributed by atoms with van der Waals surface area (Å²) < 4.78 is 10.8. The molecule has 1 aromatic rings. The van der Waals surface area contributed by atoms with Crippen molar-refractivity contribution >= 4 is 17.6 Å². The van der Waals surface area contributed by atoms with Crippen LogP contribution in [0.15, 0.2) is 18.2 Å². The van der Waals surface area contributed by atoms with Crippen molar-refractivity contribution in [2.24, 2.45) is 5.73 Å². The van der Waals surface area contributed by atoms with Gasteiger partial charge in [-0.05, 0) is 45.4 Å². The van der Waals surface area contributed by atoms with E-state index in [9.17, 15) is 9.59 Å². The molecule has 0 heterocycles. The fraction of sp³-hybridized carbons (Fsp3) is 0.556. The summed E-state index contributed by atoms with van der Waals surface area (Å²) in [4.78, 5) is 24.3. The van der Waals surface area contributed by atoms with E-state index < -0.39 is 11.4 Å². The van der Waals surface area contributed by atoms with Crippen molar-refractivity contribution < 1.29 is 24.2 Å². The Labute approximate surface area is 148 Å². The minimum absolute atomic E-state index is 0.0355. The largest absolute Gasteiger partial charge is 0.494 e. The van der Waals surface area contributed by atoms with Crippen molar-refractivity contribution in [3.8, 4) is 5.75 Å². The van der Waals surface area contributed by atoms with E-state index >= 15 is 0 Å². The lowest BCUT2D eigenvalue weighted by Gasteiger charge is -2.28. The molecule has 0 spiro atoms. The Bertz CT molecular complexity index is 591. The summed E-state index contributed by atoms with van der Waals surface area (Å²) in [6.07, 6.45) is 0.601. The first kappa shape index (κ1) is 20.9. The molecule has 7 heteroatoms. The van der Waals surface area contributed by atoms with E-state index in [-0.39, 0.29) is 32.1 Å². The Hall–Kier alpha value is -2.12. The number of carbonyl (C=O) groups excluding carboxylic acids is 2. The first-order chi connectivity index (χ1) is 11.9. The minimum Gasteiger partial charge on any atom is -0.494 e. The molecule has 0 radical (unpaired) electrons. The number of aliphatic hydroxyl groups excluding tert-OH is 1. The summed E-state index contributed by atoms with van der Waals surface area (Å²) in [6, 6.07) is 5.09. The molecule has 1 aromatic carbocycles. The van der Waals surface area contributed by atoms with Gasteiger partial charge in [0.05, 0.1) is 13.2 Å². The maximum Gasteiger partial charge on any atom is 0.317 e. The van der Waals surface area contributed by atoms with E-state index in [1.807, 2.05) is 6.92 Å². The molecule has 7 nitrogen and oxygen atoms in total. The quantitative estimate of drug-likeness (QED) is 0.551. The highest BCUT2D eigenvalue weighted by Gasteiger charge is 2.38. The maximum absolute atomic E-state index is 12.5. The molecule has 0 aliphatic heterocycles. The number of rotatable bonds is 10. The van der Waals surface area contributed by atoms with Crippen molar-refractivity contribution in [3.05, 3.63) is 23.8 Å². The lowest BCUT2D eigenvalue weighted by molar-refractivity contribution is -0.149. The van der Waals surface area contributed by atoms with Gasteiger partial charge in [0, 0.05) is 30.8 Å². The van der Waals surface area contributed by atoms with E-state index in [0.717, 1.165) is 0 Å². The van der Waals surface area contributed by atoms with Crippen LogP contribution in [0.1, 0.15) is 39.2 Å². The molecule has 1 unspecified atom stereocenters. The molecule has 0 fully saturated rings. The van der Waals surface area contributed by atoms with Crippen molar-refractivity contribution in [2.45, 2.75) is 39.0 Å². The van der Waals surface area contributed by atoms with Crippen molar-refractivity contribution in [3.63, 3.8) is 0 Å². The number of nitrogens with two attached hydrogens (primary N) is 1. The van der Waals surface area contributed by atoms with Crippen LogP contribution >= 0.6 is 0 Å². The Morgan fingerprint density at radius 3 is 2.56 bits per heavy atom. The summed E-state index contributed by atoms with van der Waals surface area (Å²) in [6.45, 7) is 5.94. The van der Waals surface area contributed by atoms with Gasteiger partial charge < -0.3 is 25.6 Å². The maximum atomic E-state index is 12.5. The molecular formula is C18H28N2O5. The summed E-state index contributed by atoms with van der Waals surface area (Å²) in [5, 5.41) is 11.6. The molecule has 0 aliphatic rings. The van der Waals surface area contributed by atoms with E-state index in [4.69, 9.17) is 20.3 Å². The van der Waals surface area contributed by atoms with Gasteiger partial charge in [-0.2, -0.15) is 0 Å². The fourth-order valence-electron chi connectivity index (χ4n) is 2.38.